The van der Waals surface area contributed by atoms with Gasteiger partial charge in [-0.15, -0.1) is 0 Å². The number of thiazole rings is 1. The molecule has 1 aromatic carbocycles. The number of carbonyl (C=O) groups excluding carboxylic acids is 2. The maximum absolute atomic E-state index is 13.5. The lowest BCUT2D eigenvalue weighted by molar-refractivity contribution is -0.143. The molecular formula is C23H28N2O3S. The van der Waals surface area contributed by atoms with Gasteiger partial charge in [0.25, 0.3) is 5.91 Å². The van der Waals surface area contributed by atoms with Crippen molar-refractivity contribution in [1.82, 2.24) is 4.57 Å². The van der Waals surface area contributed by atoms with Crippen LogP contribution in [0.2, 0.25) is 0 Å². The van der Waals surface area contributed by atoms with Gasteiger partial charge < -0.3 is 9.30 Å². The zero-order valence-electron chi connectivity index (χ0n) is 17.4. The van der Waals surface area contributed by atoms with Gasteiger partial charge in [0.05, 0.1) is 22.7 Å². The molecule has 2 aromatic rings. The zero-order valence-corrected chi connectivity index (χ0v) is 18.2. The van der Waals surface area contributed by atoms with Crippen LogP contribution in [0.15, 0.2) is 17.1 Å². The van der Waals surface area contributed by atoms with Gasteiger partial charge in [-0.05, 0) is 87.3 Å². The predicted molar refractivity (Wildman–Crippen MR) is 112 cm³/mol. The highest BCUT2D eigenvalue weighted by Gasteiger charge is 2.54. The number of aryl methyl sites for hydroxylation is 2. The molecule has 0 saturated heterocycles. The average molecular weight is 413 g/mol. The Morgan fingerprint density at radius 1 is 1.14 bits per heavy atom. The SMILES string of the molecule is COC(=O)Cn1c(=NC(=O)C23CC4CC(CC(C4)C2)C3)sc2c(C)cc(C)cc21. The number of nitrogens with zero attached hydrogens (tertiary/aromatic N) is 2. The second kappa shape index (κ2) is 6.79. The highest BCUT2D eigenvalue weighted by atomic mass is 32.1. The van der Waals surface area contributed by atoms with E-state index in [1.807, 2.05) is 11.5 Å². The van der Waals surface area contributed by atoms with Gasteiger partial charge in [0, 0.05) is 0 Å². The van der Waals surface area contributed by atoms with Gasteiger partial charge in [-0.3, -0.25) is 9.59 Å². The minimum absolute atomic E-state index is 0.0381. The molecule has 0 N–H and O–H groups in total. The minimum atomic E-state index is -0.326. The number of fused-ring (bicyclic) bond motifs is 1. The molecule has 29 heavy (non-hydrogen) atoms. The van der Waals surface area contributed by atoms with Crippen LogP contribution < -0.4 is 4.80 Å². The maximum Gasteiger partial charge on any atom is 0.325 e. The summed E-state index contributed by atoms with van der Waals surface area (Å²) in [4.78, 5) is 30.9. The van der Waals surface area contributed by atoms with Gasteiger partial charge in [0.1, 0.15) is 6.54 Å². The second-order valence-corrected chi connectivity index (χ2v) is 10.6. The molecule has 4 aliphatic carbocycles. The number of hydrogen-bond acceptors (Lipinski definition) is 4. The van der Waals surface area contributed by atoms with Crippen LogP contribution in [0, 0.1) is 37.0 Å². The molecule has 6 heteroatoms. The maximum atomic E-state index is 13.5. The number of rotatable bonds is 3. The summed E-state index contributed by atoms with van der Waals surface area (Å²) in [6, 6.07) is 4.20. The largest absolute Gasteiger partial charge is 0.468 e. The van der Waals surface area contributed by atoms with E-state index in [4.69, 9.17) is 4.74 Å². The third-order valence-electron chi connectivity index (χ3n) is 7.32. The molecule has 4 aliphatic rings. The fraction of sp³-hybridized carbons (Fsp3) is 0.609. The van der Waals surface area contributed by atoms with Crippen molar-refractivity contribution in [3.63, 3.8) is 0 Å². The molecule has 0 aliphatic heterocycles. The van der Waals surface area contributed by atoms with Gasteiger partial charge in [-0.1, -0.05) is 17.4 Å². The van der Waals surface area contributed by atoms with Crippen LogP contribution in [-0.4, -0.2) is 23.6 Å². The Morgan fingerprint density at radius 3 is 2.34 bits per heavy atom. The lowest BCUT2D eigenvalue weighted by Crippen LogP contribution is -2.50. The molecule has 5 nitrogen and oxygen atoms in total. The summed E-state index contributed by atoms with van der Waals surface area (Å²) < 4.78 is 7.86. The first-order valence-electron chi connectivity index (χ1n) is 10.6. The van der Waals surface area contributed by atoms with Crippen LogP contribution in [0.1, 0.15) is 49.7 Å². The first-order valence-corrected chi connectivity index (χ1v) is 11.4. The lowest BCUT2D eigenvalue weighted by atomic mass is 9.49. The van der Waals surface area contributed by atoms with Crippen molar-refractivity contribution in [2.24, 2.45) is 28.2 Å². The molecule has 0 atom stereocenters. The number of benzene rings is 1. The lowest BCUT2D eigenvalue weighted by Gasteiger charge is -2.55. The van der Waals surface area contributed by atoms with Gasteiger partial charge in [-0.2, -0.15) is 4.99 Å². The van der Waals surface area contributed by atoms with Crippen LogP contribution >= 0.6 is 11.3 Å². The molecule has 6 rings (SSSR count). The summed E-state index contributed by atoms with van der Waals surface area (Å²) in [5, 5.41) is 0. The Balaban J connectivity index is 1.61. The minimum Gasteiger partial charge on any atom is -0.468 e. The number of ether oxygens (including phenoxy) is 1. The van der Waals surface area contributed by atoms with E-state index in [0.29, 0.717) is 22.6 Å². The van der Waals surface area contributed by atoms with Crippen molar-refractivity contribution in [3.05, 3.63) is 28.1 Å². The number of hydrogen-bond donors (Lipinski definition) is 0. The van der Waals surface area contributed by atoms with Crippen molar-refractivity contribution >= 4 is 33.4 Å². The molecule has 0 radical (unpaired) electrons. The summed E-state index contributed by atoms with van der Waals surface area (Å²) >= 11 is 1.51. The van der Waals surface area contributed by atoms with Crippen molar-refractivity contribution in [1.29, 1.82) is 0 Å². The van der Waals surface area contributed by atoms with Crippen molar-refractivity contribution < 1.29 is 14.3 Å². The zero-order chi connectivity index (χ0) is 20.3. The van der Waals surface area contributed by atoms with Crippen molar-refractivity contribution in [2.45, 2.75) is 58.9 Å². The number of aromatic nitrogens is 1. The average Bonchev–Trinajstić information content (AvgIpc) is 2.98. The standard InChI is InChI=1S/C23H28N2O3S/c1-13-4-14(2)20-18(5-13)25(12-19(26)28-3)22(29-20)24-21(27)23-9-15-6-16(10-23)8-17(7-15)11-23/h4-5,15-17H,6-12H2,1-3H3. The highest BCUT2D eigenvalue weighted by molar-refractivity contribution is 7.16. The van der Waals surface area contributed by atoms with E-state index in [1.54, 1.807) is 0 Å². The van der Waals surface area contributed by atoms with Crippen LogP contribution in [-0.2, 0) is 20.9 Å². The molecule has 0 unspecified atom stereocenters. The summed E-state index contributed by atoms with van der Waals surface area (Å²) in [6.45, 7) is 4.19. The topological polar surface area (TPSA) is 60.7 Å². The summed E-state index contributed by atoms with van der Waals surface area (Å²) in [5.41, 5.74) is 2.96. The molecular weight excluding hydrogens is 384 g/mol. The summed E-state index contributed by atoms with van der Waals surface area (Å²) in [7, 11) is 1.39. The van der Waals surface area contributed by atoms with Crippen LogP contribution in [0.4, 0.5) is 0 Å². The molecule has 1 aromatic heterocycles. The van der Waals surface area contributed by atoms with E-state index in [0.717, 1.165) is 40.6 Å². The van der Waals surface area contributed by atoms with E-state index < -0.39 is 0 Å². The summed E-state index contributed by atoms with van der Waals surface area (Å²) in [5.74, 6) is 1.82. The normalized spacial score (nSPS) is 30.9. The Bertz CT molecular complexity index is 1040. The van der Waals surface area contributed by atoms with E-state index in [9.17, 15) is 9.59 Å². The molecule has 1 heterocycles. The molecule has 154 valence electrons. The molecule has 0 spiro atoms. The number of carbonyl (C=O) groups is 2. The third kappa shape index (κ3) is 3.16. The number of methoxy groups -OCH3 is 1. The quantitative estimate of drug-likeness (QED) is 0.712. The summed E-state index contributed by atoms with van der Waals surface area (Å²) in [6.07, 6.45) is 6.91. The Hall–Kier alpha value is -1.95. The van der Waals surface area contributed by atoms with Crippen LogP contribution in [0.3, 0.4) is 0 Å². The molecule has 4 bridgehead atoms. The van der Waals surface area contributed by atoms with E-state index in [1.165, 1.54) is 37.7 Å². The monoisotopic (exact) mass is 412 g/mol. The van der Waals surface area contributed by atoms with Crippen LogP contribution in [0.5, 0.6) is 0 Å². The Morgan fingerprint density at radius 2 is 1.76 bits per heavy atom. The third-order valence-corrected chi connectivity index (χ3v) is 8.55. The van der Waals surface area contributed by atoms with Gasteiger partial charge >= 0.3 is 5.97 Å². The van der Waals surface area contributed by atoms with Gasteiger partial charge in [-0.25, -0.2) is 0 Å². The first kappa shape index (κ1) is 19.0. The highest BCUT2D eigenvalue weighted by Crippen LogP contribution is 2.60. The fourth-order valence-corrected chi connectivity index (χ4v) is 7.60. The van der Waals surface area contributed by atoms with Gasteiger partial charge in [0.2, 0.25) is 0 Å². The predicted octanol–water partition coefficient (Wildman–Crippen LogP) is 4.14. The molecule has 4 saturated carbocycles. The fourth-order valence-electron chi connectivity index (χ4n) is 6.52. The molecule has 1 amide bonds. The van der Waals surface area contributed by atoms with E-state index in [-0.39, 0.29) is 23.8 Å². The van der Waals surface area contributed by atoms with E-state index in [2.05, 4.69) is 24.0 Å². The van der Waals surface area contributed by atoms with Crippen LogP contribution in [0.25, 0.3) is 10.2 Å². The number of esters is 1. The first-order chi connectivity index (χ1) is 13.9. The van der Waals surface area contributed by atoms with Crippen molar-refractivity contribution in [3.8, 4) is 0 Å². The van der Waals surface area contributed by atoms with E-state index >= 15 is 0 Å². The smallest absolute Gasteiger partial charge is 0.325 e. The molecule has 4 fully saturated rings. The Kier molecular flexibility index (Phi) is 4.46. The Labute approximate surface area is 174 Å². The van der Waals surface area contributed by atoms with Crippen molar-refractivity contribution in [2.75, 3.05) is 7.11 Å². The van der Waals surface area contributed by atoms with Gasteiger partial charge in [0.15, 0.2) is 4.80 Å². The second-order valence-electron chi connectivity index (χ2n) is 9.59. The number of amides is 1.